The van der Waals surface area contributed by atoms with Crippen LogP contribution in [0.25, 0.3) is 0 Å². The molecule has 0 radical (unpaired) electrons. The van der Waals surface area contributed by atoms with Gasteiger partial charge in [0.2, 0.25) is 0 Å². The highest BCUT2D eigenvalue weighted by molar-refractivity contribution is 4.97. The van der Waals surface area contributed by atoms with Crippen molar-refractivity contribution < 1.29 is 9.47 Å². The summed E-state index contributed by atoms with van der Waals surface area (Å²) in [5.74, 6) is 0.560. The lowest BCUT2D eigenvalue weighted by Gasteiger charge is -2.39. The van der Waals surface area contributed by atoms with Crippen LogP contribution in [0.3, 0.4) is 0 Å². The molecule has 15 heavy (non-hydrogen) atoms. The maximum Gasteiger partial charge on any atom is 0.0856 e. The lowest BCUT2D eigenvalue weighted by Crippen LogP contribution is -2.53. The van der Waals surface area contributed by atoms with E-state index in [0.29, 0.717) is 12.5 Å². The van der Waals surface area contributed by atoms with Crippen LogP contribution in [0, 0.1) is 5.92 Å². The molecule has 0 aromatic carbocycles. The summed E-state index contributed by atoms with van der Waals surface area (Å²) in [5.41, 5.74) is 0.0689. The Morgan fingerprint density at radius 3 is 3.27 bits per heavy atom. The van der Waals surface area contributed by atoms with Crippen LogP contribution in [0.5, 0.6) is 0 Å². The summed E-state index contributed by atoms with van der Waals surface area (Å²) in [6.07, 6.45) is 5.49. The van der Waals surface area contributed by atoms with Crippen LogP contribution in [-0.4, -0.2) is 38.5 Å². The van der Waals surface area contributed by atoms with Gasteiger partial charge in [0.15, 0.2) is 0 Å². The summed E-state index contributed by atoms with van der Waals surface area (Å²) < 4.78 is 11.6. The Morgan fingerprint density at radius 1 is 1.60 bits per heavy atom. The molecule has 0 unspecified atom stereocenters. The second-order valence-electron chi connectivity index (χ2n) is 4.51. The van der Waals surface area contributed by atoms with Gasteiger partial charge in [0.1, 0.15) is 0 Å². The SMILES string of the molecule is C=CCOC[C@H]1CCC[C@@]12CNCCO2. The van der Waals surface area contributed by atoms with E-state index in [-0.39, 0.29) is 5.60 Å². The maximum atomic E-state index is 6.00. The van der Waals surface area contributed by atoms with E-state index < -0.39 is 0 Å². The number of hydrogen-bond donors (Lipinski definition) is 1. The molecule has 2 rings (SSSR count). The molecule has 3 heteroatoms. The highest BCUT2D eigenvalue weighted by Crippen LogP contribution is 2.39. The van der Waals surface area contributed by atoms with E-state index >= 15 is 0 Å². The topological polar surface area (TPSA) is 30.5 Å². The minimum Gasteiger partial charge on any atom is -0.377 e. The van der Waals surface area contributed by atoms with Gasteiger partial charge in [0, 0.05) is 19.0 Å². The molecule has 1 N–H and O–H groups in total. The average molecular weight is 211 g/mol. The molecule has 1 aliphatic heterocycles. The van der Waals surface area contributed by atoms with E-state index in [9.17, 15) is 0 Å². The first-order valence-electron chi connectivity index (χ1n) is 5.91. The van der Waals surface area contributed by atoms with Crippen molar-refractivity contribution in [2.75, 3.05) is 32.9 Å². The van der Waals surface area contributed by atoms with Gasteiger partial charge in [-0.2, -0.15) is 0 Å². The molecule has 1 saturated heterocycles. The van der Waals surface area contributed by atoms with Gasteiger partial charge in [-0.3, -0.25) is 0 Å². The van der Waals surface area contributed by atoms with Gasteiger partial charge in [-0.1, -0.05) is 12.5 Å². The van der Waals surface area contributed by atoms with Crippen LogP contribution in [0.2, 0.25) is 0 Å². The van der Waals surface area contributed by atoms with Crippen LogP contribution < -0.4 is 5.32 Å². The molecule has 0 bridgehead atoms. The van der Waals surface area contributed by atoms with Crippen molar-refractivity contribution in [1.82, 2.24) is 5.32 Å². The molecular weight excluding hydrogens is 190 g/mol. The zero-order valence-corrected chi connectivity index (χ0v) is 9.34. The fraction of sp³-hybridized carbons (Fsp3) is 0.833. The van der Waals surface area contributed by atoms with Crippen molar-refractivity contribution in [1.29, 1.82) is 0 Å². The Kier molecular flexibility index (Phi) is 3.78. The van der Waals surface area contributed by atoms with Crippen molar-refractivity contribution in [3.8, 4) is 0 Å². The van der Waals surface area contributed by atoms with E-state index in [4.69, 9.17) is 9.47 Å². The lowest BCUT2D eigenvalue weighted by atomic mass is 9.90. The van der Waals surface area contributed by atoms with Crippen molar-refractivity contribution in [3.63, 3.8) is 0 Å². The zero-order chi connectivity index (χ0) is 10.6. The Morgan fingerprint density at radius 2 is 2.53 bits per heavy atom. The molecular formula is C12H21NO2. The summed E-state index contributed by atoms with van der Waals surface area (Å²) in [6.45, 7) is 7.95. The van der Waals surface area contributed by atoms with Gasteiger partial charge < -0.3 is 14.8 Å². The smallest absolute Gasteiger partial charge is 0.0856 e. The zero-order valence-electron chi connectivity index (χ0n) is 9.34. The van der Waals surface area contributed by atoms with Crippen LogP contribution in [0.4, 0.5) is 0 Å². The predicted octanol–water partition coefficient (Wildman–Crippen LogP) is 1.35. The Bertz CT molecular complexity index is 212. The molecule has 1 heterocycles. The Balaban J connectivity index is 1.88. The van der Waals surface area contributed by atoms with Crippen LogP contribution in [0.1, 0.15) is 19.3 Å². The minimum atomic E-state index is 0.0689. The van der Waals surface area contributed by atoms with Crippen LogP contribution >= 0.6 is 0 Å². The van der Waals surface area contributed by atoms with E-state index in [1.165, 1.54) is 19.3 Å². The molecule has 2 fully saturated rings. The van der Waals surface area contributed by atoms with E-state index in [2.05, 4.69) is 11.9 Å². The minimum absolute atomic E-state index is 0.0689. The third-order valence-corrected chi connectivity index (χ3v) is 3.54. The lowest BCUT2D eigenvalue weighted by molar-refractivity contribution is -0.105. The molecule has 86 valence electrons. The number of nitrogens with one attached hydrogen (secondary N) is 1. The first-order valence-corrected chi connectivity index (χ1v) is 5.91. The summed E-state index contributed by atoms with van der Waals surface area (Å²) in [7, 11) is 0. The van der Waals surface area contributed by atoms with Gasteiger partial charge in [-0.15, -0.1) is 6.58 Å². The molecule has 0 aromatic heterocycles. The van der Waals surface area contributed by atoms with Gasteiger partial charge in [-0.05, 0) is 12.8 Å². The first-order chi connectivity index (χ1) is 7.37. The third kappa shape index (κ3) is 2.41. The highest BCUT2D eigenvalue weighted by Gasteiger charge is 2.44. The molecule has 2 aliphatic rings. The fourth-order valence-corrected chi connectivity index (χ4v) is 2.74. The van der Waals surface area contributed by atoms with Crippen molar-refractivity contribution in [2.24, 2.45) is 5.92 Å². The molecule has 1 aliphatic carbocycles. The van der Waals surface area contributed by atoms with Gasteiger partial charge in [0.25, 0.3) is 0 Å². The molecule has 2 atom stereocenters. The van der Waals surface area contributed by atoms with E-state index in [1.807, 2.05) is 6.08 Å². The standard InChI is InChI=1S/C12H21NO2/c1-2-7-14-9-11-4-3-5-12(11)10-13-6-8-15-12/h2,11,13H,1,3-10H2/t11-,12-/m1/s1. The largest absolute Gasteiger partial charge is 0.377 e. The molecule has 0 aromatic rings. The van der Waals surface area contributed by atoms with Crippen molar-refractivity contribution in [3.05, 3.63) is 12.7 Å². The molecule has 0 amide bonds. The molecule has 3 nitrogen and oxygen atoms in total. The van der Waals surface area contributed by atoms with E-state index in [1.54, 1.807) is 0 Å². The van der Waals surface area contributed by atoms with Crippen molar-refractivity contribution >= 4 is 0 Å². The number of hydrogen-bond acceptors (Lipinski definition) is 3. The summed E-state index contributed by atoms with van der Waals surface area (Å²) in [5, 5.41) is 3.44. The number of morpholine rings is 1. The predicted molar refractivity (Wildman–Crippen MR) is 59.9 cm³/mol. The monoisotopic (exact) mass is 211 g/mol. The summed E-state index contributed by atoms with van der Waals surface area (Å²) >= 11 is 0. The highest BCUT2D eigenvalue weighted by atomic mass is 16.5. The first kappa shape index (κ1) is 11.1. The third-order valence-electron chi connectivity index (χ3n) is 3.54. The normalized spacial score (nSPS) is 35.9. The van der Waals surface area contributed by atoms with Gasteiger partial charge >= 0.3 is 0 Å². The maximum absolute atomic E-state index is 6.00. The Hall–Kier alpha value is -0.380. The summed E-state index contributed by atoms with van der Waals surface area (Å²) in [4.78, 5) is 0. The second kappa shape index (κ2) is 5.10. The van der Waals surface area contributed by atoms with Gasteiger partial charge in [0.05, 0.1) is 25.4 Å². The van der Waals surface area contributed by atoms with Crippen LogP contribution in [0.15, 0.2) is 12.7 Å². The van der Waals surface area contributed by atoms with Crippen LogP contribution in [-0.2, 0) is 9.47 Å². The average Bonchev–Trinajstić information content (AvgIpc) is 2.63. The summed E-state index contributed by atoms with van der Waals surface area (Å²) in [6, 6.07) is 0. The Labute approximate surface area is 91.8 Å². The molecule has 1 spiro atoms. The number of ether oxygens (including phenoxy) is 2. The van der Waals surface area contributed by atoms with Crippen molar-refractivity contribution in [2.45, 2.75) is 24.9 Å². The fourth-order valence-electron chi connectivity index (χ4n) is 2.74. The second-order valence-corrected chi connectivity index (χ2v) is 4.51. The van der Waals surface area contributed by atoms with Gasteiger partial charge in [-0.25, -0.2) is 0 Å². The quantitative estimate of drug-likeness (QED) is 0.562. The molecule has 1 saturated carbocycles. The number of rotatable bonds is 4. The van der Waals surface area contributed by atoms with E-state index in [0.717, 1.165) is 26.3 Å².